The smallest absolute Gasteiger partial charge is 0.161 e. The van der Waals surface area contributed by atoms with Crippen molar-refractivity contribution in [2.45, 2.75) is 6.92 Å². The van der Waals surface area contributed by atoms with Crippen LogP contribution in [0.3, 0.4) is 0 Å². The molecule has 0 bridgehead atoms. The van der Waals surface area contributed by atoms with Gasteiger partial charge in [-0.25, -0.2) is 0 Å². The number of nitriles is 1. The average Bonchev–Trinajstić information content (AvgIpc) is 2.28. The Morgan fingerprint density at radius 1 is 1.62 bits per heavy atom. The van der Waals surface area contributed by atoms with Gasteiger partial charge in [0.25, 0.3) is 0 Å². The molecule has 0 atom stereocenters. The number of carbonyl (C=O) groups excluding carboxylic acids is 1. The van der Waals surface area contributed by atoms with E-state index in [4.69, 9.17) is 5.26 Å². The number of hydrogen-bond donors (Lipinski definition) is 0. The first-order valence-corrected chi connectivity index (χ1v) is 4.97. The largest absolute Gasteiger partial charge is 0.370 e. The fourth-order valence-electron chi connectivity index (χ4n) is 1.51. The maximum Gasteiger partial charge on any atom is 0.161 e. The molecule has 3 heteroatoms. The Hall–Kier alpha value is -2.08. The van der Waals surface area contributed by atoms with Crippen molar-refractivity contribution in [2.75, 3.05) is 18.5 Å². The number of benzene rings is 1. The third kappa shape index (κ3) is 2.48. The van der Waals surface area contributed by atoms with Crippen molar-refractivity contribution >= 4 is 11.5 Å². The van der Waals surface area contributed by atoms with Gasteiger partial charge in [0.15, 0.2) is 5.78 Å². The predicted octanol–water partition coefficient (Wildman–Crippen LogP) is 2.38. The van der Waals surface area contributed by atoms with Crippen molar-refractivity contribution in [3.05, 3.63) is 42.0 Å². The summed E-state index contributed by atoms with van der Waals surface area (Å²) in [6.07, 6.45) is 1.75. The maximum absolute atomic E-state index is 11.4. The molecule has 0 aliphatic heterocycles. The molecule has 0 saturated carbocycles. The predicted molar refractivity (Wildman–Crippen MR) is 64.6 cm³/mol. The molecule has 1 aromatic carbocycles. The molecule has 0 amide bonds. The lowest BCUT2D eigenvalue weighted by molar-refractivity contribution is 0.101. The summed E-state index contributed by atoms with van der Waals surface area (Å²) in [5.74, 6) is -0.00426. The molecular weight excluding hydrogens is 200 g/mol. The molecule has 82 valence electrons. The van der Waals surface area contributed by atoms with Gasteiger partial charge in [0, 0.05) is 24.8 Å². The fourth-order valence-corrected chi connectivity index (χ4v) is 1.51. The first-order chi connectivity index (χ1) is 7.60. The Balaban J connectivity index is 3.26. The second kappa shape index (κ2) is 5.13. The van der Waals surface area contributed by atoms with Gasteiger partial charge in [-0.05, 0) is 25.1 Å². The van der Waals surface area contributed by atoms with E-state index < -0.39 is 0 Å². The monoisotopic (exact) mass is 214 g/mol. The van der Waals surface area contributed by atoms with Gasteiger partial charge in [0.2, 0.25) is 0 Å². The van der Waals surface area contributed by atoms with Crippen LogP contribution >= 0.6 is 0 Å². The highest BCUT2D eigenvalue weighted by Crippen LogP contribution is 2.21. The van der Waals surface area contributed by atoms with Gasteiger partial charge >= 0.3 is 0 Å². The molecule has 1 aromatic rings. The first-order valence-electron chi connectivity index (χ1n) is 4.97. The molecule has 0 radical (unpaired) electrons. The van der Waals surface area contributed by atoms with Crippen LogP contribution in [0.15, 0.2) is 30.9 Å². The molecule has 3 nitrogen and oxygen atoms in total. The van der Waals surface area contributed by atoms with Crippen molar-refractivity contribution < 1.29 is 4.79 Å². The molecule has 0 saturated heterocycles. The zero-order chi connectivity index (χ0) is 12.1. The lowest BCUT2D eigenvalue weighted by Gasteiger charge is -2.20. The zero-order valence-corrected chi connectivity index (χ0v) is 9.53. The highest BCUT2D eigenvalue weighted by Gasteiger charge is 2.11. The molecule has 0 heterocycles. The van der Waals surface area contributed by atoms with Crippen LogP contribution in [0.25, 0.3) is 0 Å². The summed E-state index contributed by atoms with van der Waals surface area (Å²) in [6, 6.07) is 7.13. The number of carbonyl (C=O) groups is 1. The van der Waals surface area contributed by atoms with Crippen LogP contribution in [0, 0.1) is 11.3 Å². The molecular formula is C13H14N2O. The van der Waals surface area contributed by atoms with Gasteiger partial charge in [-0.3, -0.25) is 4.79 Å². The Kier molecular flexibility index (Phi) is 3.84. The first kappa shape index (κ1) is 12.0. The second-order valence-electron chi connectivity index (χ2n) is 3.57. The summed E-state index contributed by atoms with van der Waals surface area (Å²) >= 11 is 0. The Morgan fingerprint density at radius 2 is 2.31 bits per heavy atom. The van der Waals surface area contributed by atoms with Crippen LogP contribution < -0.4 is 4.90 Å². The van der Waals surface area contributed by atoms with Crippen molar-refractivity contribution in [3.63, 3.8) is 0 Å². The zero-order valence-electron chi connectivity index (χ0n) is 9.53. The number of nitrogens with zero attached hydrogens (tertiary/aromatic N) is 2. The molecule has 0 aliphatic rings. The van der Waals surface area contributed by atoms with Crippen molar-refractivity contribution in [1.29, 1.82) is 5.26 Å². The summed E-state index contributed by atoms with van der Waals surface area (Å²) in [5.41, 5.74) is 1.95. The van der Waals surface area contributed by atoms with Gasteiger partial charge in [0.1, 0.15) is 0 Å². The number of ketones is 1. The minimum Gasteiger partial charge on any atom is -0.370 e. The molecule has 0 aliphatic carbocycles. The molecule has 0 unspecified atom stereocenters. The van der Waals surface area contributed by atoms with Crippen LogP contribution in [-0.4, -0.2) is 19.4 Å². The van der Waals surface area contributed by atoms with E-state index in [1.54, 1.807) is 24.3 Å². The second-order valence-corrected chi connectivity index (χ2v) is 3.57. The Labute approximate surface area is 95.6 Å². The van der Waals surface area contributed by atoms with E-state index in [2.05, 4.69) is 12.6 Å². The Morgan fingerprint density at radius 3 is 2.81 bits per heavy atom. The molecule has 0 fully saturated rings. The van der Waals surface area contributed by atoms with Crippen LogP contribution in [0.5, 0.6) is 0 Å². The van der Waals surface area contributed by atoms with Gasteiger partial charge in [-0.2, -0.15) is 5.26 Å². The van der Waals surface area contributed by atoms with Gasteiger partial charge in [-0.15, -0.1) is 6.58 Å². The number of Topliss-reactive ketones (excluding diaryl/α,β-unsaturated/α-hetero) is 1. The molecule has 16 heavy (non-hydrogen) atoms. The number of anilines is 1. The average molecular weight is 214 g/mol. The summed E-state index contributed by atoms with van der Waals surface area (Å²) in [5, 5.41) is 8.83. The quantitative estimate of drug-likeness (QED) is 0.571. The van der Waals surface area contributed by atoms with Gasteiger partial charge in [0.05, 0.1) is 11.6 Å². The van der Waals surface area contributed by atoms with Gasteiger partial charge in [-0.1, -0.05) is 6.08 Å². The number of rotatable bonds is 4. The Bertz CT molecular complexity index is 457. The lowest BCUT2D eigenvalue weighted by Crippen LogP contribution is -2.19. The van der Waals surface area contributed by atoms with Crippen molar-refractivity contribution in [1.82, 2.24) is 0 Å². The summed E-state index contributed by atoms with van der Waals surface area (Å²) in [7, 11) is 1.87. The van der Waals surface area contributed by atoms with E-state index in [-0.39, 0.29) is 5.78 Å². The van der Waals surface area contributed by atoms with Crippen LogP contribution in [0.4, 0.5) is 5.69 Å². The topological polar surface area (TPSA) is 44.1 Å². The fraction of sp³-hybridized carbons (Fsp3) is 0.231. The molecule has 0 aromatic heterocycles. The highest BCUT2D eigenvalue weighted by atomic mass is 16.1. The normalized spacial score (nSPS) is 9.31. The molecule has 1 rings (SSSR count). The summed E-state index contributed by atoms with van der Waals surface area (Å²) in [4.78, 5) is 13.3. The minimum absolute atomic E-state index is 0.00426. The standard InChI is InChI=1S/C13H14N2O/c1-4-7-15(3)13-8-11(9-14)5-6-12(13)10(2)16/h4-6,8H,1,7H2,2-3H3. The summed E-state index contributed by atoms with van der Waals surface area (Å²) < 4.78 is 0. The van der Waals surface area contributed by atoms with Crippen LogP contribution in [0.1, 0.15) is 22.8 Å². The summed E-state index contributed by atoms with van der Waals surface area (Å²) in [6.45, 7) is 5.81. The minimum atomic E-state index is -0.00426. The van der Waals surface area contributed by atoms with E-state index >= 15 is 0 Å². The molecule has 0 N–H and O–H groups in total. The van der Waals surface area contributed by atoms with E-state index in [1.807, 2.05) is 11.9 Å². The van der Waals surface area contributed by atoms with Crippen molar-refractivity contribution in [3.8, 4) is 6.07 Å². The van der Waals surface area contributed by atoms with E-state index in [1.165, 1.54) is 6.92 Å². The van der Waals surface area contributed by atoms with E-state index in [0.717, 1.165) is 5.69 Å². The maximum atomic E-state index is 11.4. The third-order valence-electron chi connectivity index (χ3n) is 2.32. The number of hydrogen-bond acceptors (Lipinski definition) is 3. The van der Waals surface area contributed by atoms with Crippen LogP contribution in [0.2, 0.25) is 0 Å². The van der Waals surface area contributed by atoms with Crippen molar-refractivity contribution in [2.24, 2.45) is 0 Å². The SMILES string of the molecule is C=CCN(C)c1cc(C#N)ccc1C(C)=O. The number of likely N-dealkylation sites (N-methyl/N-ethyl adjacent to an activating group) is 1. The highest BCUT2D eigenvalue weighted by molar-refractivity contribution is 6.00. The third-order valence-corrected chi connectivity index (χ3v) is 2.32. The molecule has 0 spiro atoms. The van der Waals surface area contributed by atoms with E-state index in [9.17, 15) is 4.79 Å². The lowest BCUT2D eigenvalue weighted by atomic mass is 10.1. The van der Waals surface area contributed by atoms with Gasteiger partial charge < -0.3 is 4.90 Å². The van der Waals surface area contributed by atoms with Crippen LogP contribution in [-0.2, 0) is 0 Å². The van der Waals surface area contributed by atoms with E-state index in [0.29, 0.717) is 17.7 Å².